The van der Waals surface area contributed by atoms with Gasteiger partial charge in [-0.1, -0.05) is 19.9 Å². The van der Waals surface area contributed by atoms with Crippen LogP contribution in [0, 0.1) is 19.8 Å². The van der Waals surface area contributed by atoms with Crippen LogP contribution in [0.2, 0.25) is 0 Å². The Morgan fingerprint density at radius 2 is 1.95 bits per heavy atom. The predicted octanol–water partition coefficient (Wildman–Crippen LogP) is 3.61. The first-order chi connectivity index (χ1) is 9.61. The van der Waals surface area contributed by atoms with E-state index in [4.69, 9.17) is 0 Å². The van der Waals surface area contributed by atoms with E-state index in [1.165, 1.54) is 5.56 Å². The number of hydrogen-bond acceptors (Lipinski definition) is 4. The molecule has 0 aromatic carbocycles. The first-order valence-electron chi connectivity index (χ1n) is 7.20. The molecule has 0 aliphatic rings. The maximum absolute atomic E-state index is 4.69. The molecule has 2 aromatic rings. The molecule has 0 saturated heterocycles. The molecule has 0 fully saturated rings. The number of thiophene rings is 1. The summed E-state index contributed by atoms with van der Waals surface area (Å²) in [5.41, 5.74) is 3.53. The van der Waals surface area contributed by atoms with Crippen molar-refractivity contribution >= 4 is 11.3 Å². The van der Waals surface area contributed by atoms with Gasteiger partial charge in [-0.3, -0.25) is 0 Å². The molecule has 2 rings (SSSR count). The average Bonchev–Trinajstić information content (AvgIpc) is 2.94. The Hall–Kier alpha value is -1.26. The molecule has 0 saturated carbocycles. The highest BCUT2D eigenvalue weighted by Crippen LogP contribution is 2.24. The minimum atomic E-state index is 0.600. The molecule has 0 aliphatic carbocycles. The van der Waals surface area contributed by atoms with Gasteiger partial charge in [-0.2, -0.15) is 0 Å². The molecule has 2 heterocycles. The largest absolute Gasteiger partial charge is 0.317 e. The topological polar surface area (TPSA) is 37.8 Å². The van der Waals surface area contributed by atoms with E-state index in [2.05, 4.69) is 54.4 Å². The highest BCUT2D eigenvalue weighted by Gasteiger charge is 2.13. The highest BCUT2D eigenvalue weighted by atomic mass is 32.1. The minimum absolute atomic E-state index is 0.600. The fourth-order valence-electron chi connectivity index (χ4n) is 2.36. The third kappa shape index (κ3) is 3.64. The van der Waals surface area contributed by atoms with Crippen LogP contribution in [0.15, 0.2) is 17.5 Å². The minimum Gasteiger partial charge on any atom is -0.317 e. The zero-order chi connectivity index (χ0) is 14.5. The summed E-state index contributed by atoms with van der Waals surface area (Å²) < 4.78 is 0. The normalized spacial score (nSPS) is 12.6. The Kier molecular flexibility index (Phi) is 5.26. The smallest absolute Gasteiger partial charge is 0.169 e. The van der Waals surface area contributed by atoms with Crippen LogP contribution in [-0.4, -0.2) is 23.1 Å². The van der Waals surface area contributed by atoms with Gasteiger partial charge in [0.1, 0.15) is 0 Å². The van der Waals surface area contributed by atoms with Gasteiger partial charge in [0.2, 0.25) is 0 Å². The van der Waals surface area contributed by atoms with Crippen molar-refractivity contribution in [1.29, 1.82) is 0 Å². The highest BCUT2D eigenvalue weighted by molar-refractivity contribution is 7.13. The Labute approximate surface area is 125 Å². The molecule has 1 atom stereocenters. The second kappa shape index (κ2) is 6.95. The van der Waals surface area contributed by atoms with E-state index in [0.717, 1.165) is 41.6 Å². The lowest BCUT2D eigenvalue weighted by Crippen LogP contribution is -2.22. The van der Waals surface area contributed by atoms with Gasteiger partial charge >= 0.3 is 0 Å². The summed E-state index contributed by atoms with van der Waals surface area (Å²) in [5.74, 6) is 1.46. The summed E-state index contributed by atoms with van der Waals surface area (Å²) in [6.07, 6.45) is 1.04. The maximum atomic E-state index is 4.69. The van der Waals surface area contributed by atoms with E-state index >= 15 is 0 Å². The summed E-state index contributed by atoms with van der Waals surface area (Å²) in [5, 5.41) is 5.47. The fraction of sp³-hybridized carbons (Fsp3) is 0.500. The molecule has 0 aliphatic heterocycles. The Morgan fingerprint density at radius 3 is 2.50 bits per heavy atom. The van der Waals surface area contributed by atoms with E-state index < -0.39 is 0 Å². The van der Waals surface area contributed by atoms with Crippen molar-refractivity contribution in [3.8, 4) is 10.7 Å². The quantitative estimate of drug-likeness (QED) is 0.883. The monoisotopic (exact) mass is 289 g/mol. The van der Waals surface area contributed by atoms with Crippen molar-refractivity contribution in [2.45, 2.75) is 34.1 Å². The summed E-state index contributed by atoms with van der Waals surface area (Å²) in [4.78, 5) is 10.5. The van der Waals surface area contributed by atoms with Crippen LogP contribution in [-0.2, 0) is 6.42 Å². The van der Waals surface area contributed by atoms with Gasteiger partial charge in [-0.25, -0.2) is 9.97 Å². The third-order valence-electron chi connectivity index (χ3n) is 3.46. The van der Waals surface area contributed by atoms with Crippen molar-refractivity contribution in [2.75, 3.05) is 13.1 Å². The van der Waals surface area contributed by atoms with Crippen LogP contribution in [0.1, 0.15) is 30.8 Å². The summed E-state index contributed by atoms with van der Waals surface area (Å²) >= 11 is 1.69. The molecule has 1 unspecified atom stereocenters. The van der Waals surface area contributed by atoms with Crippen LogP contribution in [0.5, 0.6) is 0 Å². The summed E-state index contributed by atoms with van der Waals surface area (Å²) in [7, 11) is 0. The zero-order valence-corrected chi connectivity index (χ0v) is 13.5. The first kappa shape index (κ1) is 15.1. The predicted molar refractivity (Wildman–Crippen MR) is 86.2 cm³/mol. The second-order valence-electron chi connectivity index (χ2n) is 5.29. The lowest BCUT2D eigenvalue weighted by Gasteiger charge is -2.15. The summed E-state index contributed by atoms with van der Waals surface area (Å²) in [6.45, 7) is 10.7. The molecule has 20 heavy (non-hydrogen) atoms. The Morgan fingerprint density at radius 1 is 1.25 bits per heavy atom. The van der Waals surface area contributed by atoms with E-state index in [1.54, 1.807) is 11.3 Å². The average molecular weight is 289 g/mol. The Bertz CT molecular complexity index is 526. The molecule has 4 heteroatoms. The number of rotatable bonds is 6. The molecular formula is C16H23N3S. The van der Waals surface area contributed by atoms with Crippen LogP contribution in [0.3, 0.4) is 0 Å². The van der Waals surface area contributed by atoms with Gasteiger partial charge in [-0.15, -0.1) is 11.3 Å². The van der Waals surface area contributed by atoms with Gasteiger partial charge in [0, 0.05) is 11.4 Å². The molecule has 108 valence electrons. The maximum Gasteiger partial charge on any atom is 0.169 e. The molecular weight excluding hydrogens is 266 g/mol. The zero-order valence-electron chi connectivity index (χ0n) is 12.7. The third-order valence-corrected chi connectivity index (χ3v) is 4.32. The molecule has 0 radical (unpaired) electrons. The number of aromatic nitrogens is 2. The van der Waals surface area contributed by atoms with Crippen LogP contribution >= 0.6 is 11.3 Å². The molecule has 3 nitrogen and oxygen atoms in total. The molecule has 2 aromatic heterocycles. The lowest BCUT2D eigenvalue weighted by molar-refractivity contribution is 0.517. The SMILES string of the molecule is CCNCC(C)Cc1c(C)nc(-c2cccs2)nc1C. The second-order valence-corrected chi connectivity index (χ2v) is 6.24. The number of nitrogens with zero attached hydrogens (tertiary/aromatic N) is 2. The molecule has 1 N–H and O–H groups in total. The molecule has 0 amide bonds. The van der Waals surface area contributed by atoms with Crippen molar-refractivity contribution in [3.05, 3.63) is 34.5 Å². The lowest BCUT2D eigenvalue weighted by atomic mass is 9.98. The number of nitrogens with one attached hydrogen (secondary N) is 1. The molecule has 0 spiro atoms. The first-order valence-corrected chi connectivity index (χ1v) is 8.08. The van der Waals surface area contributed by atoms with Crippen molar-refractivity contribution < 1.29 is 0 Å². The van der Waals surface area contributed by atoms with Crippen molar-refractivity contribution in [2.24, 2.45) is 5.92 Å². The van der Waals surface area contributed by atoms with Crippen molar-refractivity contribution in [3.63, 3.8) is 0 Å². The van der Waals surface area contributed by atoms with Crippen molar-refractivity contribution in [1.82, 2.24) is 15.3 Å². The van der Waals surface area contributed by atoms with E-state index in [-0.39, 0.29) is 0 Å². The van der Waals surface area contributed by atoms with Crippen LogP contribution < -0.4 is 5.32 Å². The van der Waals surface area contributed by atoms with Gasteiger partial charge in [0.15, 0.2) is 5.82 Å². The number of aryl methyl sites for hydroxylation is 2. The Balaban J connectivity index is 2.19. The van der Waals surface area contributed by atoms with Crippen LogP contribution in [0.25, 0.3) is 10.7 Å². The van der Waals surface area contributed by atoms with E-state index in [9.17, 15) is 0 Å². The van der Waals surface area contributed by atoms with E-state index in [0.29, 0.717) is 5.92 Å². The molecule has 0 bridgehead atoms. The van der Waals surface area contributed by atoms with Gasteiger partial charge < -0.3 is 5.32 Å². The fourth-order valence-corrected chi connectivity index (χ4v) is 3.02. The van der Waals surface area contributed by atoms with E-state index in [1.807, 2.05) is 6.07 Å². The van der Waals surface area contributed by atoms with Gasteiger partial charge in [-0.05, 0) is 56.3 Å². The van der Waals surface area contributed by atoms with Crippen LogP contribution in [0.4, 0.5) is 0 Å². The standard InChI is InChI=1S/C16H23N3S/c1-5-17-10-11(2)9-14-12(3)18-16(19-13(14)4)15-7-6-8-20-15/h6-8,11,17H,5,9-10H2,1-4H3. The summed E-state index contributed by atoms with van der Waals surface area (Å²) in [6, 6.07) is 4.12. The number of hydrogen-bond donors (Lipinski definition) is 1. The van der Waals surface area contributed by atoms with Gasteiger partial charge in [0.25, 0.3) is 0 Å². The van der Waals surface area contributed by atoms with Gasteiger partial charge in [0.05, 0.1) is 4.88 Å².